The van der Waals surface area contributed by atoms with E-state index in [-0.39, 0.29) is 37.4 Å². The van der Waals surface area contributed by atoms with Crippen LogP contribution in [0.25, 0.3) is 0 Å². The molecule has 1 aromatic rings. The minimum Gasteiger partial charge on any atom is -0.396 e. The lowest BCUT2D eigenvalue weighted by molar-refractivity contribution is -0.150. The smallest absolute Gasteiger partial charge is 0.253 e. The van der Waals surface area contributed by atoms with Crippen LogP contribution in [0.15, 0.2) is 48.6 Å². The molecule has 0 aromatic heterocycles. The standard InChI is InChI=1S/C28H34ClN3O5/c1-3-14-30-15-7-12-27(4-2)21(24(30)34)22-25(35)32(17-9-18-33)23-26(36)31(16-8-13-28(22,23)37-27)20-11-6-5-10-19(20)29/h5-8,10-13,21-23,33H,3-4,9,14-18H2,1-2H3/t21-,22+,23?,27+,28+/m1/s1. The molecule has 2 fully saturated rings. The van der Waals surface area contributed by atoms with Gasteiger partial charge in [0.1, 0.15) is 11.6 Å². The molecule has 5 rings (SSSR count). The second-order valence-electron chi connectivity index (χ2n) is 10.2. The van der Waals surface area contributed by atoms with Crippen LogP contribution in [-0.2, 0) is 19.1 Å². The van der Waals surface area contributed by atoms with Gasteiger partial charge in [0.05, 0.1) is 28.1 Å². The number of carbonyl (C=O) groups excluding carboxylic acids is 3. The fourth-order valence-corrected chi connectivity index (χ4v) is 6.89. The maximum atomic E-state index is 14.3. The molecule has 198 valence electrons. The summed E-state index contributed by atoms with van der Waals surface area (Å²) in [7, 11) is 0. The van der Waals surface area contributed by atoms with E-state index >= 15 is 0 Å². The van der Waals surface area contributed by atoms with Crippen molar-refractivity contribution in [1.29, 1.82) is 0 Å². The average molecular weight is 528 g/mol. The minimum absolute atomic E-state index is 0.111. The average Bonchev–Trinajstić information content (AvgIpc) is 3.18. The summed E-state index contributed by atoms with van der Waals surface area (Å²) in [5.74, 6) is -2.30. The maximum Gasteiger partial charge on any atom is 0.253 e. The minimum atomic E-state index is -1.31. The zero-order chi connectivity index (χ0) is 26.4. The third-order valence-electron chi connectivity index (χ3n) is 8.22. The van der Waals surface area contributed by atoms with Crippen molar-refractivity contribution in [2.24, 2.45) is 11.8 Å². The van der Waals surface area contributed by atoms with Crippen molar-refractivity contribution >= 4 is 35.0 Å². The topological polar surface area (TPSA) is 90.4 Å². The molecule has 1 aromatic carbocycles. The molecule has 0 saturated carbocycles. The first-order valence-corrected chi connectivity index (χ1v) is 13.5. The zero-order valence-electron chi connectivity index (χ0n) is 21.3. The Morgan fingerprint density at radius 3 is 2.46 bits per heavy atom. The molecule has 3 amide bonds. The molecule has 4 heterocycles. The highest BCUT2D eigenvalue weighted by molar-refractivity contribution is 6.34. The number of aliphatic hydroxyl groups excluding tert-OH is 1. The van der Waals surface area contributed by atoms with Crippen LogP contribution in [0, 0.1) is 11.8 Å². The molecule has 5 atom stereocenters. The first-order chi connectivity index (χ1) is 17.8. The van der Waals surface area contributed by atoms with Gasteiger partial charge in [0, 0.05) is 32.8 Å². The fraction of sp³-hybridized carbons (Fsp3) is 0.536. The highest BCUT2D eigenvalue weighted by atomic mass is 35.5. The molecule has 37 heavy (non-hydrogen) atoms. The van der Waals surface area contributed by atoms with E-state index in [0.717, 1.165) is 6.42 Å². The Bertz CT molecular complexity index is 1150. The number of carbonyl (C=O) groups is 3. The molecular weight excluding hydrogens is 494 g/mol. The number of likely N-dealkylation sites (tertiary alicyclic amines) is 1. The third kappa shape index (κ3) is 3.83. The maximum absolute atomic E-state index is 14.3. The quantitative estimate of drug-likeness (QED) is 0.551. The predicted octanol–water partition coefficient (Wildman–Crippen LogP) is 2.79. The normalized spacial score (nSPS) is 32.9. The first-order valence-electron chi connectivity index (χ1n) is 13.2. The van der Waals surface area contributed by atoms with Gasteiger partial charge in [-0.2, -0.15) is 0 Å². The largest absolute Gasteiger partial charge is 0.396 e. The second-order valence-corrected chi connectivity index (χ2v) is 10.6. The number of amides is 3. The number of hydrogen-bond donors (Lipinski definition) is 1. The van der Waals surface area contributed by atoms with Gasteiger partial charge in [-0.25, -0.2) is 0 Å². The van der Waals surface area contributed by atoms with Crippen molar-refractivity contribution < 1.29 is 24.2 Å². The molecule has 0 radical (unpaired) electrons. The van der Waals surface area contributed by atoms with E-state index in [4.69, 9.17) is 16.3 Å². The number of ether oxygens (including phenoxy) is 1. The van der Waals surface area contributed by atoms with E-state index in [1.807, 2.05) is 44.2 Å². The van der Waals surface area contributed by atoms with Gasteiger partial charge in [0.25, 0.3) is 5.91 Å². The summed E-state index contributed by atoms with van der Waals surface area (Å²) in [6.45, 7) is 5.35. The fourth-order valence-electron chi connectivity index (χ4n) is 6.65. The van der Waals surface area contributed by atoms with E-state index in [2.05, 4.69) is 0 Å². The van der Waals surface area contributed by atoms with Crippen LogP contribution >= 0.6 is 11.6 Å². The zero-order valence-corrected chi connectivity index (χ0v) is 22.1. The molecule has 2 saturated heterocycles. The number of hydrogen-bond acceptors (Lipinski definition) is 5. The van der Waals surface area contributed by atoms with Gasteiger partial charge in [0.15, 0.2) is 0 Å². The third-order valence-corrected chi connectivity index (χ3v) is 8.54. The van der Waals surface area contributed by atoms with Crippen LogP contribution in [0.1, 0.15) is 33.1 Å². The summed E-state index contributed by atoms with van der Waals surface area (Å²) in [6.07, 6.45) is 9.19. The van der Waals surface area contributed by atoms with Crippen LogP contribution in [0.2, 0.25) is 5.02 Å². The SMILES string of the molecule is CCCN1CC=C[C@]2(CC)O[C@]34C=CCN(c5ccccc5Cl)C(=O)C3N(CCCO)C(=O)[C@@H]4[C@@H]2C1=O. The lowest BCUT2D eigenvalue weighted by Gasteiger charge is -2.38. The van der Waals surface area contributed by atoms with Gasteiger partial charge in [-0.15, -0.1) is 0 Å². The molecule has 8 nitrogen and oxygen atoms in total. The lowest BCUT2D eigenvalue weighted by atomic mass is 9.73. The molecule has 9 heteroatoms. The number of halogens is 1. The molecule has 1 N–H and O–H groups in total. The van der Waals surface area contributed by atoms with E-state index in [1.165, 1.54) is 4.90 Å². The Labute approximate surface area is 222 Å². The Balaban J connectivity index is 1.66. The summed E-state index contributed by atoms with van der Waals surface area (Å²) < 4.78 is 6.91. The van der Waals surface area contributed by atoms with Crippen molar-refractivity contribution in [3.8, 4) is 0 Å². The molecule has 4 aliphatic heterocycles. The van der Waals surface area contributed by atoms with Gasteiger partial charge in [-0.3, -0.25) is 14.4 Å². The Morgan fingerprint density at radius 1 is 1.00 bits per heavy atom. The summed E-state index contributed by atoms with van der Waals surface area (Å²) in [6, 6.07) is 6.13. The van der Waals surface area contributed by atoms with Crippen molar-refractivity contribution in [3.05, 3.63) is 53.6 Å². The van der Waals surface area contributed by atoms with Crippen molar-refractivity contribution in [2.75, 3.05) is 37.7 Å². The van der Waals surface area contributed by atoms with Crippen LogP contribution < -0.4 is 4.90 Å². The Morgan fingerprint density at radius 2 is 1.76 bits per heavy atom. The van der Waals surface area contributed by atoms with Crippen LogP contribution in [0.5, 0.6) is 0 Å². The summed E-state index contributed by atoms with van der Waals surface area (Å²) in [4.78, 5) is 47.4. The number of nitrogens with zero attached hydrogens (tertiary/aromatic N) is 3. The summed E-state index contributed by atoms with van der Waals surface area (Å²) >= 11 is 6.48. The highest BCUT2D eigenvalue weighted by Gasteiger charge is 2.75. The van der Waals surface area contributed by atoms with Crippen LogP contribution in [0.3, 0.4) is 0 Å². The number of para-hydroxylation sites is 1. The van der Waals surface area contributed by atoms with Gasteiger partial charge >= 0.3 is 0 Å². The van der Waals surface area contributed by atoms with E-state index in [9.17, 15) is 19.5 Å². The molecule has 1 spiro atoms. The molecule has 1 unspecified atom stereocenters. The highest BCUT2D eigenvalue weighted by Crippen LogP contribution is 2.58. The number of aliphatic hydroxyl groups is 1. The predicted molar refractivity (Wildman–Crippen MR) is 140 cm³/mol. The molecule has 0 aliphatic carbocycles. The van der Waals surface area contributed by atoms with Gasteiger partial charge < -0.3 is 24.5 Å². The summed E-state index contributed by atoms with van der Waals surface area (Å²) in [5, 5.41) is 10.0. The Kier molecular flexibility index (Phi) is 6.94. The summed E-state index contributed by atoms with van der Waals surface area (Å²) in [5.41, 5.74) is -1.75. The first kappa shape index (κ1) is 25.9. The van der Waals surface area contributed by atoms with E-state index in [0.29, 0.717) is 36.6 Å². The van der Waals surface area contributed by atoms with Crippen molar-refractivity contribution in [1.82, 2.24) is 9.80 Å². The number of benzene rings is 1. The van der Waals surface area contributed by atoms with Crippen LogP contribution in [-0.4, -0.2) is 82.7 Å². The van der Waals surface area contributed by atoms with Gasteiger partial charge in [-0.1, -0.05) is 61.9 Å². The van der Waals surface area contributed by atoms with Gasteiger partial charge in [0.2, 0.25) is 11.8 Å². The lowest BCUT2D eigenvalue weighted by Crippen LogP contribution is -2.56. The molecule has 4 aliphatic rings. The van der Waals surface area contributed by atoms with E-state index in [1.54, 1.807) is 28.0 Å². The second kappa shape index (κ2) is 9.89. The number of fused-ring (bicyclic) bond motifs is 2. The number of anilines is 1. The van der Waals surface area contributed by atoms with Crippen molar-refractivity contribution in [2.45, 2.75) is 50.4 Å². The van der Waals surface area contributed by atoms with Gasteiger partial charge in [-0.05, 0) is 31.4 Å². The monoisotopic (exact) mass is 527 g/mol. The molecular formula is C28H34ClN3O5. The molecule has 0 bridgehead atoms. The van der Waals surface area contributed by atoms with Crippen molar-refractivity contribution in [3.63, 3.8) is 0 Å². The Hall–Kier alpha value is -2.68. The van der Waals surface area contributed by atoms with Crippen LogP contribution in [0.4, 0.5) is 5.69 Å². The van der Waals surface area contributed by atoms with E-state index < -0.39 is 29.1 Å². The number of rotatable bonds is 7.